The van der Waals surface area contributed by atoms with E-state index in [2.05, 4.69) is 10.0 Å². The second-order valence-electron chi connectivity index (χ2n) is 7.84. The van der Waals surface area contributed by atoms with Crippen molar-refractivity contribution in [1.29, 1.82) is 0 Å². The second-order valence-corrected chi connectivity index (χ2v) is 8.95. The molecule has 0 spiro atoms. The van der Waals surface area contributed by atoms with Gasteiger partial charge < -0.3 is 19.9 Å². The van der Waals surface area contributed by atoms with E-state index in [0.717, 1.165) is 11.3 Å². The molecular weight excluding hydrogens is 348 g/mol. The summed E-state index contributed by atoms with van der Waals surface area (Å²) in [5.74, 6) is 0. The molecule has 6 heteroatoms. The Morgan fingerprint density at radius 2 is 2.04 bits per heavy atom. The molecule has 0 heterocycles. The van der Waals surface area contributed by atoms with Gasteiger partial charge in [0.15, 0.2) is 0 Å². The standard InChI is InChI=1S/C20H32N2O3S/c1-20(2,3)25-19(24)21-13-12-18(23)15-8-7-9-16(14-15)22-26-17-10-5-4-6-11-17/h7-9,14,17-18,22-23H,4-6,10-13H2,1-3H3,(H,21,24). The molecule has 3 N–H and O–H groups in total. The van der Waals surface area contributed by atoms with Gasteiger partial charge in [-0.2, -0.15) is 0 Å². The number of alkyl carbamates (subject to hydrolysis) is 1. The summed E-state index contributed by atoms with van der Waals surface area (Å²) < 4.78 is 8.61. The van der Waals surface area contributed by atoms with Crippen LogP contribution < -0.4 is 10.0 Å². The lowest BCUT2D eigenvalue weighted by Crippen LogP contribution is -2.33. The van der Waals surface area contributed by atoms with E-state index in [1.54, 1.807) is 11.9 Å². The minimum Gasteiger partial charge on any atom is -0.444 e. The fourth-order valence-electron chi connectivity index (χ4n) is 2.94. The molecule has 1 atom stereocenters. The maximum atomic E-state index is 11.6. The summed E-state index contributed by atoms with van der Waals surface area (Å²) in [6.45, 7) is 5.84. The largest absolute Gasteiger partial charge is 0.444 e. The molecule has 1 aliphatic rings. The first-order valence-electron chi connectivity index (χ1n) is 9.50. The van der Waals surface area contributed by atoms with Crippen LogP contribution in [0.5, 0.6) is 0 Å². The van der Waals surface area contributed by atoms with Gasteiger partial charge in [-0.1, -0.05) is 31.4 Å². The number of anilines is 1. The summed E-state index contributed by atoms with van der Waals surface area (Å²) in [5, 5.41) is 13.7. The number of rotatable bonds is 7. The van der Waals surface area contributed by atoms with Crippen LogP contribution in [0.25, 0.3) is 0 Å². The molecule has 5 nitrogen and oxygen atoms in total. The minimum atomic E-state index is -0.619. The van der Waals surface area contributed by atoms with Gasteiger partial charge in [0.1, 0.15) is 5.60 Å². The van der Waals surface area contributed by atoms with Crippen molar-refractivity contribution in [3.63, 3.8) is 0 Å². The lowest BCUT2D eigenvalue weighted by atomic mass is 10.0. The SMILES string of the molecule is CC(C)(C)OC(=O)NCCC(O)c1cccc(NSC2CCCCC2)c1. The van der Waals surface area contributed by atoms with E-state index in [1.807, 2.05) is 45.0 Å². The summed E-state index contributed by atoms with van der Waals surface area (Å²) in [4.78, 5) is 11.6. The van der Waals surface area contributed by atoms with Crippen molar-refractivity contribution in [2.24, 2.45) is 0 Å². The van der Waals surface area contributed by atoms with Crippen molar-refractivity contribution in [2.75, 3.05) is 11.3 Å². The molecule has 1 aromatic rings. The Morgan fingerprint density at radius 3 is 2.73 bits per heavy atom. The van der Waals surface area contributed by atoms with Gasteiger partial charge in [-0.15, -0.1) is 0 Å². The molecule has 146 valence electrons. The molecule has 1 unspecified atom stereocenters. The highest BCUT2D eigenvalue weighted by Crippen LogP contribution is 2.30. The zero-order valence-corrected chi connectivity index (χ0v) is 16.9. The zero-order chi connectivity index (χ0) is 19.0. The van der Waals surface area contributed by atoms with Crippen LogP contribution in [0.3, 0.4) is 0 Å². The quantitative estimate of drug-likeness (QED) is 0.579. The third-order valence-corrected chi connectivity index (χ3v) is 5.41. The molecule has 0 saturated heterocycles. The Bertz CT molecular complexity index is 568. The van der Waals surface area contributed by atoms with Gasteiger partial charge in [0, 0.05) is 17.5 Å². The first-order valence-corrected chi connectivity index (χ1v) is 10.4. The molecule has 0 radical (unpaired) electrons. The van der Waals surface area contributed by atoms with Crippen LogP contribution in [0.4, 0.5) is 10.5 Å². The zero-order valence-electron chi connectivity index (χ0n) is 16.1. The van der Waals surface area contributed by atoms with E-state index in [1.165, 1.54) is 32.1 Å². The molecule has 1 aliphatic carbocycles. The first kappa shape index (κ1) is 20.9. The van der Waals surface area contributed by atoms with Crippen molar-refractivity contribution in [3.05, 3.63) is 29.8 Å². The molecular formula is C20H32N2O3S. The number of carbonyl (C=O) groups excluding carboxylic acids is 1. The number of aliphatic hydroxyl groups is 1. The van der Waals surface area contributed by atoms with Crippen molar-refractivity contribution in [2.45, 2.75) is 76.3 Å². The van der Waals surface area contributed by atoms with Gasteiger partial charge in [-0.3, -0.25) is 0 Å². The topological polar surface area (TPSA) is 70.6 Å². The van der Waals surface area contributed by atoms with E-state index in [9.17, 15) is 9.90 Å². The molecule has 0 aliphatic heterocycles. The Kier molecular flexibility index (Phi) is 8.10. The van der Waals surface area contributed by atoms with E-state index in [0.29, 0.717) is 18.2 Å². The van der Waals surface area contributed by atoms with Crippen LogP contribution in [0.1, 0.15) is 71.0 Å². The monoisotopic (exact) mass is 380 g/mol. The Labute approximate surface area is 161 Å². The van der Waals surface area contributed by atoms with E-state index < -0.39 is 17.8 Å². The highest BCUT2D eigenvalue weighted by Gasteiger charge is 2.17. The van der Waals surface area contributed by atoms with Gasteiger partial charge in [-0.25, -0.2) is 4.79 Å². The maximum absolute atomic E-state index is 11.6. The molecule has 1 saturated carbocycles. The Morgan fingerprint density at radius 1 is 1.31 bits per heavy atom. The lowest BCUT2D eigenvalue weighted by Gasteiger charge is -2.21. The van der Waals surface area contributed by atoms with E-state index >= 15 is 0 Å². The molecule has 1 amide bonds. The van der Waals surface area contributed by atoms with Crippen LogP contribution in [-0.4, -0.2) is 28.6 Å². The van der Waals surface area contributed by atoms with Crippen LogP contribution in [0.15, 0.2) is 24.3 Å². The van der Waals surface area contributed by atoms with Gasteiger partial charge in [0.2, 0.25) is 0 Å². The van der Waals surface area contributed by atoms with Gasteiger partial charge in [0.05, 0.1) is 6.10 Å². The molecule has 0 aromatic heterocycles. The van der Waals surface area contributed by atoms with Gasteiger partial charge in [-0.05, 0) is 69.7 Å². The summed E-state index contributed by atoms with van der Waals surface area (Å²) in [7, 11) is 0. The second kappa shape index (κ2) is 10.1. The molecule has 2 rings (SSSR count). The lowest BCUT2D eigenvalue weighted by molar-refractivity contribution is 0.0518. The van der Waals surface area contributed by atoms with Crippen LogP contribution >= 0.6 is 11.9 Å². The number of hydrogen-bond donors (Lipinski definition) is 3. The number of aliphatic hydroxyl groups excluding tert-OH is 1. The van der Waals surface area contributed by atoms with Crippen molar-refractivity contribution >= 4 is 23.7 Å². The maximum Gasteiger partial charge on any atom is 0.407 e. The highest BCUT2D eigenvalue weighted by molar-refractivity contribution is 8.01. The average Bonchev–Trinajstić information content (AvgIpc) is 2.59. The molecule has 0 bridgehead atoms. The predicted octanol–water partition coefficient (Wildman–Crippen LogP) is 5.03. The minimum absolute atomic E-state index is 0.366. The van der Waals surface area contributed by atoms with Crippen LogP contribution in [0, 0.1) is 0 Å². The summed E-state index contributed by atoms with van der Waals surface area (Å²) in [6.07, 6.45) is 5.92. The highest BCUT2D eigenvalue weighted by atomic mass is 32.2. The van der Waals surface area contributed by atoms with E-state index in [4.69, 9.17) is 4.74 Å². The average molecular weight is 381 g/mol. The van der Waals surface area contributed by atoms with Crippen molar-refractivity contribution in [1.82, 2.24) is 5.32 Å². The Hall–Kier alpha value is -1.40. The number of carbonyl (C=O) groups is 1. The first-order chi connectivity index (χ1) is 12.3. The predicted molar refractivity (Wildman–Crippen MR) is 108 cm³/mol. The van der Waals surface area contributed by atoms with Crippen LogP contribution in [0.2, 0.25) is 0 Å². The molecule has 1 fully saturated rings. The smallest absolute Gasteiger partial charge is 0.407 e. The van der Waals surface area contributed by atoms with Gasteiger partial charge >= 0.3 is 6.09 Å². The third-order valence-electron chi connectivity index (χ3n) is 4.25. The summed E-state index contributed by atoms with van der Waals surface area (Å²) in [6, 6.07) is 7.86. The summed E-state index contributed by atoms with van der Waals surface area (Å²) in [5.41, 5.74) is 1.35. The molecule has 1 aromatic carbocycles. The fourth-order valence-corrected chi connectivity index (χ4v) is 3.93. The summed E-state index contributed by atoms with van der Waals surface area (Å²) >= 11 is 1.79. The fraction of sp³-hybridized carbons (Fsp3) is 0.650. The number of hydrogen-bond acceptors (Lipinski definition) is 5. The number of ether oxygens (including phenoxy) is 1. The Balaban J connectivity index is 1.76. The normalized spacial score (nSPS) is 16.8. The van der Waals surface area contributed by atoms with Crippen molar-refractivity contribution in [3.8, 4) is 0 Å². The molecule has 26 heavy (non-hydrogen) atoms. The third kappa shape index (κ3) is 7.87. The number of benzene rings is 1. The van der Waals surface area contributed by atoms with Crippen LogP contribution in [-0.2, 0) is 4.74 Å². The van der Waals surface area contributed by atoms with E-state index in [-0.39, 0.29) is 0 Å². The van der Waals surface area contributed by atoms with Gasteiger partial charge in [0.25, 0.3) is 0 Å². The number of nitrogens with one attached hydrogen (secondary N) is 2. The van der Waals surface area contributed by atoms with Crippen molar-refractivity contribution < 1.29 is 14.6 Å². The number of amides is 1.